The summed E-state index contributed by atoms with van der Waals surface area (Å²) in [6, 6.07) is 19.6. The van der Waals surface area contributed by atoms with Gasteiger partial charge < -0.3 is 14.4 Å². The highest BCUT2D eigenvalue weighted by atomic mass is 35.5. The fourth-order valence-electron chi connectivity index (χ4n) is 4.53. The molecular formula is C27H24ClNO3S. The molecule has 0 bridgehead atoms. The monoisotopic (exact) mass is 477 g/mol. The van der Waals surface area contributed by atoms with Crippen molar-refractivity contribution < 1.29 is 14.6 Å². The maximum Gasteiger partial charge on any atom is 0.310 e. The highest BCUT2D eigenvalue weighted by molar-refractivity contribution is 7.99. The third-order valence-electron chi connectivity index (χ3n) is 6.05. The Hall–Kier alpha value is -2.89. The number of phenols is 1. The molecule has 0 spiro atoms. The van der Waals surface area contributed by atoms with Crippen LogP contribution >= 0.6 is 23.4 Å². The van der Waals surface area contributed by atoms with Crippen molar-refractivity contribution >= 4 is 40.2 Å². The number of thioether (sulfide) groups is 1. The maximum absolute atomic E-state index is 12.3. The number of hydrogen-bond acceptors (Lipinski definition) is 4. The summed E-state index contributed by atoms with van der Waals surface area (Å²) in [6.07, 6.45) is 2.33. The molecule has 2 heterocycles. The molecule has 3 aromatic carbocycles. The average molecular weight is 478 g/mol. The molecule has 1 aromatic heterocycles. The summed E-state index contributed by atoms with van der Waals surface area (Å²) in [6.45, 7) is 2.99. The average Bonchev–Trinajstić information content (AvgIpc) is 3.35. The Morgan fingerprint density at radius 2 is 2.00 bits per heavy atom. The number of nitrogens with zero attached hydrogens (tertiary/aromatic N) is 1. The van der Waals surface area contributed by atoms with Gasteiger partial charge in [0, 0.05) is 45.2 Å². The number of benzene rings is 3. The molecule has 0 amide bonds. The molecule has 1 aliphatic heterocycles. The van der Waals surface area contributed by atoms with Crippen molar-refractivity contribution in [2.75, 3.05) is 12.4 Å². The van der Waals surface area contributed by atoms with Gasteiger partial charge in [-0.05, 0) is 65.6 Å². The van der Waals surface area contributed by atoms with Crippen molar-refractivity contribution in [2.45, 2.75) is 30.7 Å². The number of halogens is 1. The van der Waals surface area contributed by atoms with Gasteiger partial charge >= 0.3 is 5.97 Å². The van der Waals surface area contributed by atoms with Crippen LogP contribution < -0.4 is 0 Å². The number of carbonyl (C=O) groups excluding carboxylic acids is 1. The van der Waals surface area contributed by atoms with Gasteiger partial charge in [-0.1, -0.05) is 35.9 Å². The number of carbonyl (C=O) groups is 1. The molecule has 0 fully saturated rings. The van der Waals surface area contributed by atoms with Gasteiger partial charge in [0.25, 0.3) is 0 Å². The van der Waals surface area contributed by atoms with Crippen LogP contribution in [-0.2, 0) is 22.5 Å². The van der Waals surface area contributed by atoms with E-state index in [0.717, 1.165) is 44.9 Å². The van der Waals surface area contributed by atoms with Crippen LogP contribution in [0.4, 0.5) is 0 Å². The van der Waals surface area contributed by atoms with E-state index in [9.17, 15) is 9.90 Å². The third-order valence-corrected chi connectivity index (χ3v) is 7.54. The van der Waals surface area contributed by atoms with E-state index < -0.39 is 0 Å². The minimum Gasteiger partial charge on any atom is -0.508 e. The summed E-state index contributed by atoms with van der Waals surface area (Å²) in [5.41, 5.74) is 5.28. The van der Waals surface area contributed by atoms with E-state index in [1.54, 1.807) is 12.1 Å². The molecule has 33 heavy (non-hydrogen) atoms. The van der Waals surface area contributed by atoms with E-state index in [-0.39, 0.29) is 18.1 Å². The molecule has 6 heteroatoms. The van der Waals surface area contributed by atoms with Crippen LogP contribution in [0.1, 0.15) is 24.0 Å². The fourth-order valence-corrected chi connectivity index (χ4v) is 5.93. The number of rotatable bonds is 6. The summed E-state index contributed by atoms with van der Waals surface area (Å²) in [4.78, 5) is 13.5. The number of fused-ring (bicyclic) bond motifs is 2. The van der Waals surface area contributed by atoms with Crippen LogP contribution in [0, 0.1) is 0 Å². The predicted octanol–water partition coefficient (Wildman–Crippen LogP) is 6.66. The summed E-state index contributed by atoms with van der Waals surface area (Å²) < 4.78 is 7.46. The SMILES string of the molecule is CCOC(=O)Cc1cn(CC2CSc3ccc(Cl)cc32)c2cc(-c3cccc(O)c3)ccc12. The summed E-state index contributed by atoms with van der Waals surface area (Å²) in [5, 5.41) is 11.7. The van der Waals surface area contributed by atoms with E-state index >= 15 is 0 Å². The zero-order chi connectivity index (χ0) is 22.9. The Balaban J connectivity index is 1.57. The minimum absolute atomic E-state index is 0.220. The summed E-state index contributed by atoms with van der Waals surface area (Å²) in [5.74, 6) is 1.35. The van der Waals surface area contributed by atoms with E-state index in [1.165, 1.54) is 10.5 Å². The van der Waals surface area contributed by atoms with Gasteiger partial charge in [-0.3, -0.25) is 4.79 Å². The molecule has 0 saturated heterocycles. The smallest absolute Gasteiger partial charge is 0.310 e. The summed E-state index contributed by atoms with van der Waals surface area (Å²) >= 11 is 8.15. The number of hydrogen-bond donors (Lipinski definition) is 1. The standard InChI is InChI=1S/C27H24ClNO3S/c1-2-32-27(31)12-19-14-29(15-20-16-33-26-9-7-21(28)13-24(20)26)25-11-18(6-8-23(19)25)17-4-3-5-22(30)10-17/h3-11,13-14,20,30H,2,12,15-16H2,1H3. The van der Waals surface area contributed by atoms with E-state index in [0.29, 0.717) is 12.5 Å². The minimum atomic E-state index is -0.220. The number of aromatic nitrogens is 1. The largest absolute Gasteiger partial charge is 0.508 e. The molecule has 1 N–H and O–H groups in total. The van der Waals surface area contributed by atoms with Gasteiger partial charge in [0.15, 0.2) is 0 Å². The molecule has 0 radical (unpaired) electrons. The molecule has 1 atom stereocenters. The van der Waals surface area contributed by atoms with Gasteiger partial charge in [0.2, 0.25) is 0 Å². The van der Waals surface area contributed by atoms with Gasteiger partial charge in [-0.25, -0.2) is 0 Å². The van der Waals surface area contributed by atoms with E-state index in [4.69, 9.17) is 16.3 Å². The first-order chi connectivity index (χ1) is 16.0. The zero-order valence-corrected chi connectivity index (χ0v) is 19.8. The summed E-state index contributed by atoms with van der Waals surface area (Å²) in [7, 11) is 0. The van der Waals surface area contributed by atoms with Crippen molar-refractivity contribution in [3.63, 3.8) is 0 Å². The fraction of sp³-hybridized carbons (Fsp3) is 0.222. The lowest BCUT2D eigenvalue weighted by atomic mass is 10.0. The second-order valence-electron chi connectivity index (χ2n) is 8.26. The van der Waals surface area contributed by atoms with Gasteiger partial charge in [0.05, 0.1) is 13.0 Å². The van der Waals surface area contributed by atoms with Crippen molar-refractivity contribution in [1.82, 2.24) is 4.57 Å². The number of esters is 1. The molecule has 1 unspecified atom stereocenters. The maximum atomic E-state index is 12.3. The zero-order valence-electron chi connectivity index (χ0n) is 18.3. The Kier molecular flexibility index (Phi) is 6.09. The molecule has 168 valence electrons. The molecule has 0 aliphatic carbocycles. The van der Waals surface area contributed by atoms with Crippen LogP contribution in [0.3, 0.4) is 0 Å². The quantitative estimate of drug-likeness (QED) is 0.315. The van der Waals surface area contributed by atoms with Crippen LogP contribution in [-0.4, -0.2) is 28.0 Å². The molecule has 4 nitrogen and oxygen atoms in total. The van der Waals surface area contributed by atoms with E-state index in [1.807, 2.05) is 43.0 Å². The van der Waals surface area contributed by atoms with Gasteiger partial charge in [-0.2, -0.15) is 0 Å². The molecule has 1 aliphatic rings. The number of ether oxygens (including phenoxy) is 1. The van der Waals surface area contributed by atoms with Crippen molar-refractivity contribution in [3.8, 4) is 16.9 Å². The highest BCUT2D eigenvalue weighted by Gasteiger charge is 2.25. The first-order valence-corrected chi connectivity index (χ1v) is 12.4. The normalized spacial score (nSPS) is 15.0. The second kappa shape index (κ2) is 9.16. The Labute approximate surface area is 202 Å². The topological polar surface area (TPSA) is 51.5 Å². The van der Waals surface area contributed by atoms with E-state index in [2.05, 4.69) is 35.0 Å². The van der Waals surface area contributed by atoms with Crippen LogP contribution in [0.15, 0.2) is 71.8 Å². The molecule has 4 aromatic rings. The third kappa shape index (κ3) is 4.48. The Morgan fingerprint density at radius 3 is 2.82 bits per heavy atom. The van der Waals surface area contributed by atoms with Crippen molar-refractivity contribution in [3.05, 3.63) is 83.0 Å². The lowest BCUT2D eigenvalue weighted by Crippen LogP contribution is -2.09. The van der Waals surface area contributed by atoms with Crippen molar-refractivity contribution in [2.24, 2.45) is 0 Å². The van der Waals surface area contributed by atoms with Crippen LogP contribution in [0.25, 0.3) is 22.0 Å². The molecular weight excluding hydrogens is 454 g/mol. The van der Waals surface area contributed by atoms with Crippen LogP contribution in [0.2, 0.25) is 5.02 Å². The predicted molar refractivity (Wildman–Crippen MR) is 134 cm³/mol. The molecule has 0 saturated carbocycles. The first-order valence-electron chi connectivity index (χ1n) is 11.0. The Bertz CT molecular complexity index is 1350. The molecule has 5 rings (SSSR count). The number of aromatic hydroxyl groups is 1. The highest BCUT2D eigenvalue weighted by Crippen LogP contribution is 2.42. The first kappa shape index (κ1) is 21.9. The van der Waals surface area contributed by atoms with Gasteiger partial charge in [0.1, 0.15) is 5.75 Å². The lowest BCUT2D eigenvalue weighted by molar-refractivity contribution is -0.142. The van der Waals surface area contributed by atoms with Gasteiger partial charge in [-0.15, -0.1) is 11.8 Å². The second-order valence-corrected chi connectivity index (χ2v) is 9.76. The Morgan fingerprint density at radius 1 is 1.15 bits per heavy atom. The number of phenolic OH excluding ortho intramolecular Hbond substituents is 1. The lowest BCUT2D eigenvalue weighted by Gasteiger charge is -2.14. The van der Waals surface area contributed by atoms with Crippen molar-refractivity contribution in [1.29, 1.82) is 0 Å². The van der Waals surface area contributed by atoms with Crippen LogP contribution in [0.5, 0.6) is 5.75 Å².